The minimum atomic E-state index is -0.637. The van der Waals surface area contributed by atoms with Crippen LogP contribution < -0.4 is 5.32 Å². The molecule has 0 aromatic heterocycles. The molecule has 0 fully saturated rings. The molecule has 0 spiro atoms. The molecule has 2 aromatic rings. The van der Waals surface area contributed by atoms with Crippen LogP contribution in [0.15, 0.2) is 42.5 Å². The fourth-order valence-corrected chi connectivity index (χ4v) is 1.91. The number of non-ortho nitro benzene ring substituents is 1. The molecule has 21 heavy (non-hydrogen) atoms. The summed E-state index contributed by atoms with van der Waals surface area (Å²) in [6.45, 7) is 0.998. The van der Waals surface area contributed by atoms with Crippen LogP contribution in [0.5, 0.6) is 0 Å². The summed E-state index contributed by atoms with van der Waals surface area (Å²) in [6.07, 6.45) is 0. The number of ether oxygens (including phenoxy) is 1. The second-order valence-corrected chi connectivity index (χ2v) is 4.56. The molecule has 0 unspecified atom stereocenters. The monoisotopic (exact) mass is 290 g/mol. The van der Waals surface area contributed by atoms with E-state index in [1.54, 1.807) is 7.11 Å². The van der Waals surface area contributed by atoms with E-state index in [9.17, 15) is 14.5 Å². The lowest BCUT2D eigenvalue weighted by atomic mass is 10.1. The fourth-order valence-electron chi connectivity index (χ4n) is 1.91. The molecule has 0 radical (unpaired) electrons. The number of rotatable bonds is 6. The van der Waals surface area contributed by atoms with Crippen molar-refractivity contribution in [1.29, 1.82) is 0 Å². The first kappa shape index (κ1) is 14.9. The standard InChI is InChI=1S/C15H15FN2O3/c1-21-10-12-4-2-11(3-5-12)9-17-14-6-13(16)7-15(8-14)18(19)20/h2-8,17H,9-10H2,1H3. The number of nitro groups is 1. The van der Waals surface area contributed by atoms with Crippen LogP contribution >= 0.6 is 0 Å². The highest BCUT2D eigenvalue weighted by molar-refractivity contribution is 5.51. The Hall–Kier alpha value is -2.47. The predicted molar refractivity (Wildman–Crippen MR) is 77.5 cm³/mol. The predicted octanol–water partition coefficient (Wildman–Crippen LogP) is 3.49. The summed E-state index contributed by atoms with van der Waals surface area (Å²) in [7, 11) is 1.63. The summed E-state index contributed by atoms with van der Waals surface area (Å²) in [5.74, 6) is -0.637. The van der Waals surface area contributed by atoms with Crippen LogP contribution in [0.2, 0.25) is 0 Å². The first-order chi connectivity index (χ1) is 10.1. The van der Waals surface area contributed by atoms with E-state index >= 15 is 0 Å². The van der Waals surface area contributed by atoms with Gasteiger partial charge in [0.2, 0.25) is 0 Å². The van der Waals surface area contributed by atoms with Crippen molar-refractivity contribution < 1.29 is 14.1 Å². The molecule has 0 saturated carbocycles. The second-order valence-electron chi connectivity index (χ2n) is 4.56. The highest BCUT2D eigenvalue weighted by Crippen LogP contribution is 2.20. The molecule has 0 amide bonds. The van der Waals surface area contributed by atoms with Crippen molar-refractivity contribution in [1.82, 2.24) is 0 Å². The number of hydrogen-bond donors (Lipinski definition) is 1. The largest absolute Gasteiger partial charge is 0.381 e. The number of nitro benzene ring substituents is 1. The summed E-state index contributed by atoms with van der Waals surface area (Å²) < 4.78 is 18.3. The zero-order valence-electron chi connectivity index (χ0n) is 11.5. The molecule has 110 valence electrons. The van der Waals surface area contributed by atoms with Gasteiger partial charge in [-0.3, -0.25) is 10.1 Å². The van der Waals surface area contributed by atoms with Crippen LogP contribution in [0.25, 0.3) is 0 Å². The number of nitrogens with one attached hydrogen (secondary N) is 1. The van der Waals surface area contributed by atoms with Gasteiger partial charge in [-0.25, -0.2) is 4.39 Å². The zero-order chi connectivity index (χ0) is 15.2. The lowest BCUT2D eigenvalue weighted by molar-refractivity contribution is -0.385. The molecule has 0 aliphatic heterocycles. The SMILES string of the molecule is COCc1ccc(CNc2cc(F)cc([N+](=O)[O-])c2)cc1. The third-order valence-corrected chi connectivity index (χ3v) is 2.92. The smallest absolute Gasteiger partial charge is 0.274 e. The van der Waals surface area contributed by atoms with Crippen LogP contribution in [0.4, 0.5) is 15.8 Å². The van der Waals surface area contributed by atoms with Crippen LogP contribution in [0.1, 0.15) is 11.1 Å². The molecule has 0 aliphatic rings. The molecule has 6 heteroatoms. The zero-order valence-corrected chi connectivity index (χ0v) is 11.5. The Morgan fingerprint density at radius 1 is 1.19 bits per heavy atom. The summed E-state index contributed by atoms with van der Waals surface area (Å²) in [4.78, 5) is 10.1. The van der Waals surface area contributed by atoms with Crippen molar-refractivity contribution in [3.05, 3.63) is 69.5 Å². The average Bonchev–Trinajstić information content (AvgIpc) is 2.46. The maximum atomic E-state index is 13.3. The highest BCUT2D eigenvalue weighted by atomic mass is 19.1. The fraction of sp³-hybridized carbons (Fsp3) is 0.200. The Labute approximate surface area is 121 Å². The maximum absolute atomic E-state index is 13.3. The molecule has 0 aliphatic carbocycles. The van der Waals surface area contributed by atoms with E-state index in [1.165, 1.54) is 12.1 Å². The summed E-state index contributed by atoms with van der Waals surface area (Å²) in [5, 5.41) is 13.7. The van der Waals surface area contributed by atoms with Gasteiger partial charge in [0.25, 0.3) is 5.69 Å². The van der Waals surface area contributed by atoms with Crippen LogP contribution in [-0.2, 0) is 17.9 Å². The lowest BCUT2D eigenvalue weighted by Gasteiger charge is -2.07. The Morgan fingerprint density at radius 3 is 2.48 bits per heavy atom. The van der Waals surface area contributed by atoms with Gasteiger partial charge in [0.15, 0.2) is 0 Å². The van der Waals surface area contributed by atoms with Gasteiger partial charge in [-0.15, -0.1) is 0 Å². The van der Waals surface area contributed by atoms with Crippen molar-refractivity contribution in [2.45, 2.75) is 13.2 Å². The van der Waals surface area contributed by atoms with Gasteiger partial charge in [0.1, 0.15) is 5.82 Å². The molecule has 5 nitrogen and oxygen atoms in total. The molecule has 0 heterocycles. The van der Waals surface area contributed by atoms with E-state index in [2.05, 4.69) is 5.32 Å². The Bertz CT molecular complexity index is 629. The van der Waals surface area contributed by atoms with E-state index in [1.807, 2.05) is 24.3 Å². The Kier molecular flexibility index (Phi) is 4.84. The molecule has 0 bridgehead atoms. The number of nitrogens with zero attached hydrogens (tertiary/aromatic N) is 1. The van der Waals surface area contributed by atoms with Crippen molar-refractivity contribution in [3.63, 3.8) is 0 Å². The van der Waals surface area contributed by atoms with Crippen molar-refractivity contribution >= 4 is 11.4 Å². The molecule has 0 saturated heterocycles. The lowest BCUT2D eigenvalue weighted by Crippen LogP contribution is -2.01. The number of hydrogen-bond acceptors (Lipinski definition) is 4. The van der Waals surface area contributed by atoms with Gasteiger partial charge in [0.05, 0.1) is 17.6 Å². The van der Waals surface area contributed by atoms with Gasteiger partial charge < -0.3 is 10.1 Å². The molecule has 2 rings (SSSR count). The van der Waals surface area contributed by atoms with E-state index in [0.717, 1.165) is 17.2 Å². The first-order valence-corrected chi connectivity index (χ1v) is 6.34. The van der Waals surface area contributed by atoms with E-state index in [-0.39, 0.29) is 5.69 Å². The minimum absolute atomic E-state index is 0.270. The molecule has 0 atom stereocenters. The maximum Gasteiger partial charge on any atom is 0.274 e. The highest BCUT2D eigenvalue weighted by Gasteiger charge is 2.09. The average molecular weight is 290 g/mol. The summed E-state index contributed by atoms with van der Waals surface area (Å²) >= 11 is 0. The van der Waals surface area contributed by atoms with Gasteiger partial charge >= 0.3 is 0 Å². The van der Waals surface area contributed by atoms with E-state index in [4.69, 9.17) is 4.74 Å². The molecule has 2 aromatic carbocycles. The summed E-state index contributed by atoms with van der Waals surface area (Å²) in [5.41, 5.74) is 2.15. The van der Waals surface area contributed by atoms with E-state index in [0.29, 0.717) is 18.8 Å². The molecular formula is C15H15FN2O3. The van der Waals surface area contributed by atoms with E-state index < -0.39 is 10.7 Å². The Morgan fingerprint density at radius 2 is 1.86 bits per heavy atom. The third kappa shape index (κ3) is 4.25. The number of benzene rings is 2. The molecular weight excluding hydrogens is 275 g/mol. The van der Waals surface area contributed by atoms with Gasteiger partial charge in [-0.1, -0.05) is 24.3 Å². The number of halogens is 1. The minimum Gasteiger partial charge on any atom is -0.381 e. The third-order valence-electron chi connectivity index (χ3n) is 2.92. The van der Waals surface area contributed by atoms with Gasteiger partial charge in [-0.2, -0.15) is 0 Å². The summed E-state index contributed by atoms with van der Waals surface area (Å²) in [6, 6.07) is 11.2. The first-order valence-electron chi connectivity index (χ1n) is 6.34. The molecule has 1 N–H and O–H groups in total. The van der Waals surface area contributed by atoms with Crippen molar-refractivity contribution in [3.8, 4) is 0 Å². The van der Waals surface area contributed by atoms with Crippen molar-refractivity contribution in [2.75, 3.05) is 12.4 Å². The van der Waals surface area contributed by atoms with Crippen LogP contribution in [0, 0.1) is 15.9 Å². The van der Waals surface area contributed by atoms with Crippen LogP contribution in [-0.4, -0.2) is 12.0 Å². The topological polar surface area (TPSA) is 64.4 Å². The van der Waals surface area contributed by atoms with Gasteiger partial charge in [-0.05, 0) is 17.2 Å². The number of anilines is 1. The Balaban J connectivity index is 2.04. The van der Waals surface area contributed by atoms with Crippen molar-refractivity contribution in [2.24, 2.45) is 0 Å². The van der Waals surface area contributed by atoms with Crippen LogP contribution in [0.3, 0.4) is 0 Å². The second kappa shape index (κ2) is 6.81. The van der Waals surface area contributed by atoms with Gasteiger partial charge in [0, 0.05) is 25.4 Å². The quantitative estimate of drug-likeness (QED) is 0.653. The normalized spacial score (nSPS) is 10.4. The number of methoxy groups -OCH3 is 1.